The summed E-state index contributed by atoms with van der Waals surface area (Å²) in [5, 5.41) is 0.0981. The summed E-state index contributed by atoms with van der Waals surface area (Å²) in [5.74, 6) is 0.564. The number of aromatic amines is 1. The second-order valence-electron chi connectivity index (χ2n) is 4.67. The fraction of sp³-hybridized carbons (Fsp3) is 0.385. The molecule has 2 aromatic rings. The highest BCUT2D eigenvalue weighted by Crippen LogP contribution is 2.16. The van der Waals surface area contributed by atoms with Crippen LogP contribution in [0.25, 0.3) is 0 Å². The van der Waals surface area contributed by atoms with Crippen LogP contribution in [0.1, 0.15) is 17.8 Å². The van der Waals surface area contributed by atoms with Crippen molar-refractivity contribution < 1.29 is 8.42 Å². The lowest BCUT2D eigenvalue weighted by Gasteiger charge is -2.21. The van der Waals surface area contributed by atoms with Crippen LogP contribution in [0, 0.1) is 6.92 Å². The van der Waals surface area contributed by atoms with Crippen molar-refractivity contribution >= 4 is 10.0 Å². The number of sulfonamides is 1. The van der Waals surface area contributed by atoms with Gasteiger partial charge in [-0.1, -0.05) is 6.07 Å². The quantitative estimate of drug-likeness (QED) is 0.781. The molecule has 3 N–H and O–H groups in total. The van der Waals surface area contributed by atoms with E-state index in [0.29, 0.717) is 25.3 Å². The van der Waals surface area contributed by atoms with Crippen LogP contribution in [0.2, 0.25) is 0 Å². The molecule has 0 aliphatic rings. The number of nitrogens with two attached hydrogens (primary N) is 1. The lowest BCUT2D eigenvalue weighted by atomic mass is 10.3. The van der Waals surface area contributed by atoms with E-state index in [9.17, 15) is 8.42 Å². The molecule has 0 aliphatic heterocycles. The largest absolute Gasteiger partial charge is 0.332 e. The lowest BCUT2D eigenvalue weighted by Crippen LogP contribution is -2.33. The van der Waals surface area contributed by atoms with Crippen molar-refractivity contribution in [1.29, 1.82) is 0 Å². The van der Waals surface area contributed by atoms with Crippen LogP contribution in [-0.2, 0) is 16.6 Å². The van der Waals surface area contributed by atoms with Crippen molar-refractivity contribution in [1.82, 2.24) is 19.3 Å². The number of nitrogens with one attached hydrogen (secondary N) is 1. The highest BCUT2D eigenvalue weighted by Gasteiger charge is 2.26. The standard InChI is InChI=1S/C13H19N5O2S/c1-11-16-9-13(17-11)21(19,20)18(7-3-5-14)10-12-4-2-6-15-8-12/h2,4,6,8-9H,3,5,7,10,14H2,1H3,(H,16,17). The molecule has 0 unspecified atom stereocenters. The molecule has 0 bridgehead atoms. The maximum Gasteiger partial charge on any atom is 0.260 e. The summed E-state index contributed by atoms with van der Waals surface area (Å²) in [4.78, 5) is 10.7. The van der Waals surface area contributed by atoms with Gasteiger partial charge in [0.25, 0.3) is 10.0 Å². The monoisotopic (exact) mass is 309 g/mol. The molecule has 0 saturated heterocycles. The van der Waals surface area contributed by atoms with Gasteiger partial charge in [0.2, 0.25) is 0 Å². The highest BCUT2D eigenvalue weighted by molar-refractivity contribution is 7.89. The Labute approximate surface area is 124 Å². The number of H-pyrrole nitrogens is 1. The van der Waals surface area contributed by atoms with Gasteiger partial charge in [-0.2, -0.15) is 4.31 Å². The summed E-state index contributed by atoms with van der Waals surface area (Å²) < 4.78 is 26.7. The van der Waals surface area contributed by atoms with E-state index in [1.165, 1.54) is 10.5 Å². The molecule has 8 heteroatoms. The number of aryl methyl sites for hydroxylation is 1. The first-order valence-electron chi connectivity index (χ1n) is 6.65. The van der Waals surface area contributed by atoms with Crippen molar-refractivity contribution in [3.05, 3.63) is 42.1 Å². The second-order valence-corrected chi connectivity index (χ2v) is 6.58. The first-order valence-corrected chi connectivity index (χ1v) is 8.09. The molecule has 2 aromatic heterocycles. The zero-order valence-electron chi connectivity index (χ0n) is 11.9. The van der Waals surface area contributed by atoms with E-state index in [1.807, 2.05) is 6.07 Å². The Hall–Kier alpha value is -1.77. The number of pyridine rings is 1. The maximum atomic E-state index is 12.6. The summed E-state index contributed by atoms with van der Waals surface area (Å²) >= 11 is 0. The molecule has 7 nitrogen and oxygen atoms in total. The molecule has 114 valence electrons. The third-order valence-corrected chi connectivity index (χ3v) is 4.75. The van der Waals surface area contributed by atoms with Gasteiger partial charge >= 0.3 is 0 Å². The average molecular weight is 309 g/mol. The van der Waals surface area contributed by atoms with Crippen LogP contribution in [0.5, 0.6) is 0 Å². The molecular formula is C13H19N5O2S. The van der Waals surface area contributed by atoms with Crippen molar-refractivity contribution in [3.8, 4) is 0 Å². The molecule has 0 fully saturated rings. The summed E-state index contributed by atoms with van der Waals surface area (Å²) in [7, 11) is -3.62. The molecular weight excluding hydrogens is 290 g/mol. The van der Waals surface area contributed by atoms with Gasteiger partial charge in [-0.25, -0.2) is 13.4 Å². The number of nitrogens with zero attached hydrogens (tertiary/aromatic N) is 3. The summed E-state index contributed by atoms with van der Waals surface area (Å²) in [6.45, 7) is 2.76. The fourth-order valence-electron chi connectivity index (χ4n) is 1.92. The van der Waals surface area contributed by atoms with Gasteiger partial charge in [-0.3, -0.25) is 4.98 Å². The van der Waals surface area contributed by atoms with Crippen LogP contribution in [0.15, 0.2) is 35.7 Å². The van der Waals surface area contributed by atoms with Gasteiger partial charge in [0.05, 0.1) is 6.20 Å². The minimum absolute atomic E-state index is 0.0981. The number of hydrogen-bond donors (Lipinski definition) is 2. The highest BCUT2D eigenvalue weighted by atomic mass is 32.2. The normalized spacial score (nSPS) is 12.0. The Morgan fingerprint density at radius 3 is 2.76 bits per heavy atom. The zero-order chi connectivity index (χ0) is 15.3. The van der Waals surface area contributed by atoms with Crippen LogP contribution in [0.3, 0.4) is 0 Å². The molecule has 0 amide bonds. The Kier molecular flexibility index (Phi) is 5.05. The molecule has 21 heavy (non-hydrogen) atoms. The van der Waals surface area contributed by atoms with E-state index in [0.717, 1.165) is 5.56 Å². The molecule has 0 aromatic carbocycles. The smallest absolute Gasteiger partial charge is 0.260 e. The minimum Gasteiger partial charge on any atom is -0.332 e. The van der Waals surface area contributed by atoms with Crippen LogP contribution < -0.4 is 5.73 Å². The van der Waals surface area contributed by atoms with Gasteiger partial charge in [0.1, 0.15) is 5.82 Å². The Morgan fingerprint density at radius 1 is 1.38 bits per heavy atom. The molecule has 0 radical (unpaired) electrons. The van der Waals surface area contributed by atoms with E-state index >= 15 is 0 Å². The van der Waals surface area contributed by atoms with Crippen molar-refractivity contribution in [3.63, 3.8) is 0 Å². The van der Waals surface area contributed by atoms with E-state index in [4.69, 9.17) is 5.73 Å². The summed E-state index contributed by atoms with van der Waals surface area (Å²) in [6, 6.07) is 3.62. The Morgan fingerprint density at radius 2 is 2.19 bits per heavy atom. The molecule has 0 aliphatic carbocycles. The van der Waals surface area contributed by atoms with Crippen molar-refractivity contribution in [2.75, 3.05) is 13.1 Å². The van der Waals surface area contributed by atoms with Gasteiger partial charge < -0.3 is 10.7 Å². The van der Waals surface area contributed by atoms with Gasteiger partial charge in [0.15, 0.2) is 5.03 Å². The lowest BCUT2D eigenvalue weighted by molar-refractivity contribution is 0.399. The van der Waals surface area contributed by atoms with E-state index in [-0.39, 0.29) is 11.6 Å². The first-order chi connectivity index (χ1) is 10.0. The molecule has 0 spiro atoms. The van der Waals surface area contributed by atoms with Crippen LogP contribution >= 0.6 is 0 Å². The molecule has 2 heterocycles. The fourth-order valence-corrected chi connectivity index (χ4v) is 3.34. The molecule has 2 rings (SSSR count). The first kappa shape index (κ1) is 15.6. The van der Waals surface area contributed by atoms with Crippen LogP contribution in [-0.4, -0.2) is 40.8 Å². The van der Waals surface area contributed by atoms with E-state index in [1.54, 1.807) is 25.4 Å². The SMILES string of the molecule is Cc1ncc(S(=O)(=O)N(CCCN)Cc2cccnc2)[nH]1. The predicted octanol–water partition coefficient (Wildman–Crippen LogP) is 0.653. The number of rotatable bonds is 7. The Balaban J connectivity index is 2.26. The zero-order valence-corrected chi connectivity index (χ0v) is 12.7. The molecule has 0 saturated carbocycles. The van der Waals surface area contributed by atoms with Gasteiger partial charge in [0, 0.05) is 25.5 Å². The van der Waals surface area contributed by atoms with Gasteiger partial charge in [-0.05, 0) is 31.5 Å². The number of imidazole rings is 1. The molecule has 0 atom stereocenters. The van der Waals surface area contributed by atoms with E-state index < -0.39 is 10.0 Å². The summed E-state index contributed by atoms with van der Waals surface area (Å²) in [5.41, 5.74) is 6.33. The third kappa shape index (κ3) is 3.87. The summed E-state index contributed by atoms with van der Waals surface area (Å²) in [6.07, 6.45) is 5.24. The van der Waals surface area contributed by atoms with Crippen molar-refractivity contribution in [2.45, 2.75) is 24.9 Å². The van der Waals surface area contributed by atoms with Crippen LogP contribution in [0.4, 0.5) is 0 Å². The maximum absolute atomic E-state index is 12.6. The van der Waals surface area contributed by atoms with Crippen molar-refractivity contribution in [2.24, 2.45) is 5.73 Å². The predicted molar refractivity (Wildman–Crippen MR) is 78.8 cm³/mol. The number of hydrogen-bond acceptors (Lipinski definition) is 5. The third-order valence-electron chi connectivity index (χ3n) is 2.99. The average Bonchev–Trinajstić information content (AvgIpc) is 2.92. The van der Waals surface area contributed by atoms with Gasteiger partial charge in [-0.15, -0.1) is 0 Å². The topological polar surface area (TPSA) is 105 Å². The number of aromatic nitrogens is 3. The minimum atomic E-state index is -3.62. The second kappa shape index (κ2) is 6.79. The van der Waals surface area contributed by atoms with E-state index in [2.05, 4.69) is 15.0 Å². The Bertz CT molecular complexity index is 669.